The number of aryl methyl sites for hydroxylation is 1. The predicted molar refractivity (Wildman–Crippen MR) is 90.3 cm³/mol. The van der Waals surface area contributed by atoms with Crippen LogP contribution >= 0.6 is 0 Å². The molecule has 1 fully saturated rings. The number of pyridine rings is 1. The van der Waals surface area contributed by atoms with Crippen molar-refractivity contribution in [1.29, 1.82) is 0 Å². The first kappa shape index (κ1) is 17.2. The van der Waals surface area contributed by atoms with Crippen molar-refractivity contribution in [2.24, 2.45) is 0 Å². The Hall–Kier alpha value is -2.11. The third-order valence-corrected chi connectivity index (χ3v) is 4.25. The fourth-order valence-corrected chi connectivity index (χ4v) is 2.79. The molecular weight excluding hydrogens is 292 g/mol. The molecule has 1 heterocycles. The van der Waals surface area contributed by atoms with Gasteiger partial charge in [0.1, 0.15) is 5.82 Å². The summed E-state index contributed by atoms with van der Waals surface area (Å²) < 4.78 is 0. The second-order valence-electron chi connectivity index (χ2n) is 6.15. The molecule has 1 saturated carbocycles. The maximum atomic E-state index is 12.1. The van der Waals surface area contributed by atoms with Crippen LogP contribution in [0, 0.1) is 6.92 Å². The number of anilines is 1. The van der Waals surface area contributed by atoms with Crippen LogP contribution in [0.5, 0.6) is 0 Å². The summed E-state index contributed by atoms with van der Waals surface area (Å²) in [5, 5.41) is 5.53. The second kappa shape index (κ2) is 8.50. The van der Waals surface area contributed by atoms with E-state index in [0.717, 1.165) is 18.4 Å². The third-order valence-electron chi connectivity index (χ3n) is 4.25. The Morgan fingerprint density at radius 3 is 2.65 bits per heavy atom. The van der Waals surface area contributed by atoms with Crippen LogP contribution in [0.4, 0.5) is 10.6 Å². The molecule has 0 aliphatic heterocycles. The number of amides is 3. The van der Waals surface area contributed by atoms with Gasteiger partial charge in [0.2, 0.25) is 5.91 Å². The van der Waals surface area contributed by atoms with Gasteiger partial charge in [-0.3, -0.25) is 4.79 Å². The molecule has 23 heavy (non-hydrogen) atoms. The molecule has 0 aromatic carbocycles. The van der Waals surface area contributed by atoms with Crippen LogP contribution in [0.25, 0.3) is 0 Å². The van der Waals surface area contributed by atoms with Crippen molar-refractivity contribution >= 4 is 17.8 Å². The number of hydrogen-bond acceptors (Lipinski definition) is 3. The van der Waals surface area contributed by atoms with Crippen molar-refractivity contribution in [3.05, 3.63) is 23.9 Å². The Balaban J connectivity index is 1.68. The third kappa shape index (κ3) is 5.54. The summed E-state index contributed by atoms with van der Waals surface area (Å²) >= 11 is 0. The molecule has 6 nitrogen and oxygen atoms in total. The molecule has 0 unspecified atom stereocenters. The summed E-state index contributed by atoms with van der Waals surface area (Å²) in [7, 11) is 1.83. The van der Waals surface area contributed by atoms with Gasteiger partial charge in [0.15, 0.2) is 0 Å². The van der Waals surface area contributed by atoms with Crippen molar-refractivity contribution in [3.63, 3.8) is 0 Å². The monoisotopic (exact) mass is 318 g/mol. The second-order valence-corrected chi connectivity index (χ2v) is 6.15. The molecule has 126 valence electrons. The van der Waals surface area contributed by atoms with Crippen LogP contribution in [0.15, 0.2) is 18.3 Å². The molecule has 1 aromatic rings. The van der Waals surface area contributed by atoms with Crippen LogP contribution in [-0.2, 0) is 4.79 Å². The van der Waals surface area contributed by atoms with E-state index >= 15 is 0 Å². The number of hydrogen-bond donors (Lipinski definition) is 2. The van der Waals surface area contributed by atoms with E-state index in [4.69, 9.17) is 0 Å². The van der Waals surface area contributed by atoms with Crippen LogP contribution in [0.3, 0.4) is 0 Å². The van der Waals surface area contributed by atoms with Gasteiger partial charge in [-0.15, -0.1) is 0 Å². The number of nitrogens with one attached hydrogen (secondary N) is 2. The van der Waals surface area contributed by atoms with Crippen LogP contribution in [0.2, 0.25) is 0 Å². The zero-order valence-corrected chi connectivity index (χ0v) is 14.0. The lowest BCUT2D eigenvalue weighted by atomic mass is 9.95. The van der Waals surface area contributed by atoms with Gasteiger partial charge in [-0.25, -0.2) is 9.78 Å². The van der Waals surface area contributed by atoms with Gasteiger partial charge in [0, 0.05) is 32.3 Å². The Morgan fingerprint density at radius 2 is 2.00 bits per heavy atom. The largest absolute Gasteiger partial charge is 0.337 e. The van der Waals surface area contributed by atoms with Gasteiger partial charge in [-0.1, -0.05) is 25.3 Å². The van der Waals surface area contributed by atoms with Crippen molar-refractivity contribution in [2.75, 3.05) is 18.9 Å². The van der Waals surface area contributed by atoms with E-state index in [-0.39, 0.29) is 18.4 Å². The van der Waals surface area contributed by atoms with E-state index in [1.54, 1.807) is 17.2 Å². The highest BCUT2D eigenvalue weighted by atomic mass is 16.2. The van der Waals surface area contributed by atoms with Gasteiger partial charge in [0.25, 0.3) is 0 Å². The quantitative estimate of drug-likeness (QED) is 0.876. The average molecular weight is 318 g/mol. The molecule has 1 aliphatic rings. The summed E-state index contributed by atoms with van der Waals surface area (Å²) in [6.45, 7) is 2.27. The smallest absolute Gasteiger partial charge is 0.317 e. The molecule has 0 bridgehead atoms. The summed E-state index contributed by atoms with van der Waals surface area (Å²) in [6.07, 6.45) is 7.73. The lowest BCUT2D eigenvalue weighted by Gasteiger charge is -2.31. The Kier molecular flexibility index (Phi) is 6.38. The van der Waals surface area contributed by atoms with E-state index in [1.165, 1.54) is 19.3 Å². The van der Waals surface area contributed by atoms with E-state index in [2.05, 4.69) is 15.6 Å². The Labute approximate surface area is 137 Å². The maximum absolute atomic E-state index is 12.1. The molecule has 0 spiro atoms. The molecule has 6 heteroatoms. The summed E-state index contributed by atoms with van der Waals surface area (Å²) in [6, 6.07) is 3.89. The molecule has 3 amide bonds. The zero-order chi connectivity index (χ0) is 16.7. The molecule has 2 rings (SSSR count). The van der Waals surface area contributed by atoms with Crippen LogP contribution in [-0.4, -0.2) is 41.5 Å². The SMILES string of the molecule is Cc1ccc(NC(=O)CCNC(=O)N(C)C2CCCCC2)nc1. The molecule has 0 saturated heterocycles. The molecule has 0 atom stereocenters. The fraction of sp³-hybridized carbons (Fsp3) is 0.588. The average Bonchev–Trinajstić information content (AvgIpc) is 2.57. The van der Waals surface area contributed by atoms with E-state index < -0.39 is 0 Å². The van der Waals surface area contributed by atoms with Crippen molar-refractivity contribution in [3.8, 4) is 0 Å². The zero-order valence-electron chi connectivity index (χ0n) is 14.0. The first-order chi connectivity index (χ1) is 11.1. The molecule has 2 N–H and O–H groups in total. The topological polar surface area (TPSA) is 74.3 Å². The normalized spacial score (nSPS) is 15.0. The number of urea groups is 1. The molecule has 0 radical (unpaired) electrons. The van der Waals surface area contributed by atoms with Crippen molar-refractivity contribution in [2.45, 2.75) is 51.5 Å². The highest BCUT2D eigenvalue weighted by molar-refractivity contribution is 5.90. The van der Waals surface area contributed by atoms with E-state index in [1.807, 2.05) is 20.0 Å². The van der Waals surface area contributed by atoms with Gasteiger partial charge >= 0.3 is 6.03 Å². The molecule has 1 aliphatic carbocycles. The highest BCUT2D eigenvalue weighted by Gasteiger charge is 2.21. The first-order valence-corrected chi connectivity index (χ1v) is 8.29. The summed E-state index contributed by atoms with van der Waals surface area (Å²) in [4.78, 5) is 29.8. The number of carbonyl (C=O) groups is 2. The lowest BCUT2D eigenvalue weighted by Crippen LogP contribution is -2.45. The summed E-state index contributed by atoms with van der Waals surface area (Å²) in [5.41, 5.74) is 1.04. The van der Waals surface area contributed by atoms with Gasteiger partial charge < -0.3 is 15.5 Å². The first-order valence-electron chi connectivity index (χ1n) is 8.29. The predicted octanol–water partition coefficient (Wildman–Crippen LogP) is 2.69. The number of nitrogens with zero attached hydrogens (tertiary/aromatic N) is 2. The summed E-state index contributed by atoms with van der Waals surface area (Å²) in [5.74, 6) is 0.383. The fourth-order valence-electron chi connectivity index (χ4n) is 2.79. The number of aromatic nitrogens is 1. The van der Waals surface area contributed by atoms with Crippen molar-refractivity contribution < 1.29 is 9.59 Å². The van der Waals surface area contributed by atoms with Crippen LogP contribution < -0.4 is 10.6 Å². The minimum absolute atomic E-state index is 0.0989. The van der Waals surface area contributed by atoms with E-state index in [9.17, 15) is 9.59 Å². The molecule has 1 aromatic heterocycles. The lowest BCUT2D eigenvalue weighted by molar-refractivity contribution is -0.116. The Bertz CT molecular complexity index is 524. The van der Waals surface area contributed by atoms with E-state index in [0.29, 0.717) is 18.4 Å². The minimum atomic E-state index is -0.151. The minimum Gasteiger partial charge on any atom is -0.337 e. The standard InChI is InChI=1S/C17H26N4O2/c1-13-8-9-15(19-12-13)20-16(22)10-11-18-17(23)21(2)14-6-4-3-5-7-14/h8-9,12,14H,3-7,10-11H2,1-2H3,(H,18,23)(H,19,20,22). The van der Waals surface area contributed by atoms with Gasteiger partial charge in [-0.05, 0) is 31.4 Å². The Morgan fingerprint density at radius 1 is 1.26 bits per heavy atom. The van der Waals surface area contributed by atoms with Gasteiger partial charge in [0.05, 0.1) is 0 Å². The number of carbonyl (C=O) groups excluding carboxylic acids is 2. The van der Waals surface area contributed by atoms with Crippen molar-refractivity contribution in [1.82, 2.24) is 15.2 Å². The van der Waals surface area contributed by atoms with Crippen LogP contribution in [0.1, 0.15) is 44.1 Å². The number of rotatable bonds is 5. The highest BCUT2D eigenvalue weighted by Crippen LogP contribution is 2.21. The molecular formula is C17H26N4O2. The maximum Gasteiger partial charge on any atom is 0.317 e. The van der Waals surface area contributed by atoms with Gasteiger partial charge in [-0.2, -0.15) is 0 Å².